The van der Waals surface area contributed by atoms with Gasteiger partial charge in [-0.15, -0.1) is 5.10 Å². The van der Waals surface area contributed by atoms with Gasteiger partial charge in [0.05, 0.1) is 5.39 Å². The minimum atomic E-state index is -0.0405. The maximum absolute atomic E-state index is 6.01. The Balaban J connectivity index is 1.98. The normalized spacial score (nSPS) is 21.1. The van der Waals surface area contributed by atoms with E-state index in [2.05, 4.69) is 47.3 Å². The summed E-state index contributed by atoms with van der Waals surface area (Å²) in [6.07, 6.45) is 9.19. The summed E-state index contributed by atoms with van der Waals surface area (Å²) in [6, 6.07) is 0. The number of aromatic nitrogens is 6. The SMILES string of the molecule is CCC1(C)C=CC=C1c1nc2c3cn(C)nc3nc(N)n2n1. The molecule has 7 heteroatoms. The third-order valence-corrected chi connectivity index (χ3v) is 4.41. The number of allylic oxidation sites excluding steroid dienone is 4. The Hall–Kier alpha value is -2.70. The molecule has 0 aliphatic heterocycles. The van der Waals surface area contributed by atoms with Crippen molar-refractivity contribution in [1.82, 2.24) is 29.4 Å². The van der Waals surface area contributed by atoms with Gasteiger partial charge in [0.25, 0.3) is 0 Å². The topological polar surface area (TPSA) is 86.9 Å². The van der Waals surface area contributed by atoms with Crippen molar-refractivity contribution in [2.24, 2.45) is 12.5 Å². The van der Waals surface area contributed by atoms with Gasteiger partial charge < -0.3 is 5.73 Å². The fraction of sp³-hybridized carbons (Fsp3) is 0.333. The van der Waals surface area contributed by atoms with E-state index in [0.29, 0.717) is 23.1 Å². The maximum atomic E-state index is 6.01. The Morgan fingerprint density at radius 2 is 2.09 bits per heavy atom. The quantitative estimate of drug-likeness (QED) is 0.781. The molecule has 3 aromatic rings. The molecule has 3 aromatic heterocycles. The van der Waals surface area contributed by atoms with E-state index in [9.17, 15) is 0 Å². The third kappa shape index (κ3) is 1.62. The van der Waals surface area contributed by atoms with Crippen molar-refractivity contribution in [3.8, 4) is 0 Å². The van der Waals surface area contributed by atoms with Crippen LogP contribution in [0, 0.1) is 5.41 Å². The number of hydrogen-bond donors (Lipinski definition) is 1. The van der Waals surface area contributed by atoms with E-state index in [-0.39, 0.29) is 5.41 Å². The second-order valence-corrected chi connectivity index (χ2v) is 5.89. The summed E-state index contributed by atoms with van der Waals surface area (Å²) in [5.74, 6) is 0.990. The van der Waals surface area contributed by atoms with E-state index in [1.54, 1.807) is 9.20 Å². The molecule has 4 rings (SSSR count). The summed E-state index contributed by atoms with van der Waals surface area (Å²) in [7, 11) is 1.85. The minimum Gasteiger partial charge on any atom is -0.368 e. The summed E-state index contributed by atoms with van der Waals surface area (Å²) in [5, 5.41) is 9.71. The molecule has 112 valence electrons. The number of fused-ring (bicyclic) bond motifs is 3. The van der Waals surface area contributed by atoms with E-state index < -0.39 is 0 Å². The highest BCUT2D eigenvalue weighted by molar-refractivity contribution is 5.90. The van der Waals surface area contributed by atoms with Crippen LogP contribution in [0.4, 0.5) is 5.95 Å². The zero-order valence-electron chi connectivity index (χ0n) is 12.8. The highest BCUT2D eigenvalue weighted by Crippen LogP contribution is 2.41. The summed E-state index contributed by atoms with van der Waals surface area (Å²) >= 11 is 0. The first-order valence-electron chi connectivity index (χ1n) is 7.28. The lowest BCUT2D eigenvalue weighted by molar-refractivity contribution is 0.553. The average Bonchev–Trinajstić information content (AvgIpc) is 3.15. The molecular formula is C15H17N7. The third-order valence-electron chi connectivity index (χ3n) is 4.41. The van der Waals surface area contributed by atoms with Crippen LogP contribution in [0.15, 0.2) is 24.4 Å². The molecular weight excluding hydrogens is 278 g/mol. The molecule has 7 nitrogen and oxygen atoms in total. The highest BCUT2D eigenvalue weighted by atomic mass is 15.4. The number of nitrogens with two attached hydrogens (primary N) is 1. The van der Waals surface area contributed by atoms with Crippen molar-refractivity contribution in [2.45, 2.75) is 20.3 Å². The molecule has 1 aliphatic rings. The Morgan fingerprint density at radius 3 is 2.86 bits per heavy atom. The Morgan fingerprint density at radius 1 is 1.27 bits per heavy atom. The predicted octanol–water partition coefficient (Wildman–Crippen LogP) is 1.96. The molecule has 0 bridgehead atoms. The Labute approximate surface area is 127 Å². The minimum absolute atomic E-state index is 0.0405. The molecule has 0 aromatic carbocycles. The number of hydrogen-bond acceptors (Lipinski definition) is 5. The van der Waals surface area contributed by atoms with Crippen LogP contribution in [-0.2, 0) is 7.05 Å². The molecule has 0 amide bonds. The standard InChI is InChI=1S/C15H17N7/c1-4-15(2)7-5-6-10(15)12-17-13-9-8-21(3)19-11(9)18-14(16)22(13)20-12/h5-8H,4H2,1-3H3,(H2,16,18,19). The second kappa shape index (κ2) is 4.16. The molecule has 3 heterocycles. The number of aryl methyl sites for hydroxylation is 1. The van der Waals surface area contributed by atoms with Gasteiger partial charge in [0.1, 0.15) is 0 Å². The molecule has 1 atom stereocenters. The summed E-state index contributed by atoms with van der Waals surface area (Å²) in [4.78, 5) is 9.00. The van der Waals surface area contributed by atoms with Gasteiger partial charge in [0.15, 0.2) is 17.1 Å². The van der Waals surface area contributed by atoms with E-state index in [4.69, 9.17) is 10.7 Å². The van der Waals surface area contributed by atoms with E-state index >= 15 is 0 Å². The first kappa shape index (κ1) is 13.0. The van der Waals surface area contributed by atoms with Gasteiger partial charge >= 0.3 is 0 Å². The van der Waals surface area contributed by atoms with Crippen LogP contribution in [-0.4, -0.2) is 29.4 Å². The largest absolute Gasteiger partial charge is 0.368 e. The van der Waals surface area contributed by atoms with E-state index in [1.807, 2.05) is 13.2 Å². The van der Waals surface area contributed by atoms with Gasteiger partial charge in [-0.2, -0.15) is 14.6 Å². The zero-order chi connectivity index (χ0) is 15.5. The lowest BCUT2D eigenvalue weighted by atomic mass is 9.82. The van der Waals surface area contributed by atoms with Crippen molar-refractivity contribution >= 4 is 28.2 Å². The first-order valence-corrected chi connectivity index (χ1v) is 7.28. The molecule has 2 N–H and O–H groups in total. The lowest BCUT2D eigenvalue weighted by Gasteiger charge is -2.22. The van der Waals surface area contributed by atoms with Crippen molar-refractivity contribution in [3.05, 3.63) is 30.2 Å². The maximum Gasteiger partial charge on any atom is 0.225 e. The number of nitrogen functional groups attached to an aromatic ring is 1. The fourth-order valence-electron chi connectivity index (χ4n) is 2.91. The molecule has 0 spiro atoms. The van der Waals surface area contributed by atoms with Crippen LogP contribution in [0.1, 0.15) is 26.1 Å². The van der Waals surface area contributed by atoms with Crippen molar-refractivity contribution in [3.63, 3.8) is 0 Å². The molecule has 1 aliphatic carbocycles. The summed E-state index contributed by atoms with van der Waals surface area (Å²) in [5.41, 5.74) is 8.35. The van der Waals surface area contributed by atoms with E-state index in [1.165, 1.54) is 0 Å². The number of rotatable bonds is 2. The van der Waals surface area contributed by atoms with Crippen LogP contribution >= 0.6 is 0 Å². The van der Waals surface area contributed by atoms with Crippen LogP contribution in [0.25, 0.3) is 22.3 Å². The van der Waals surface area contributed by atoms with Crippen LogP contribution < -0.4 is 5.73 Å². The Bertz CT molecular complexity index is 959. The number of nitrogens with zero attached hydrogens (tertiary/aromatic N) is 6. The van der Waals surface area contributed by atoms with Crippen LogP contribution in [0.2, 0.25) is 0 Å². The fourth-order valence-corrected chi connectivity index (χ4v) is 2.91. The van der Waals surface area contributed by atoms with Crippen LogP contribution in [0.3, 0.4) is 0 Å². The van der Waals surface area contributed by atoms with Gasteiger partial charge in [-0.05, 0) is 6.42 Å². The van der Waals surface area contributed by atoms with Gasteiger partial charge in [0, 0.05) is 24.2 Å². The van der Waals surface area contributed by atoms with Crippen molar-refractivity contribution < 1.29 is 0 Å². The van der Waals surface area contributed by atoms with Crippen molar-refractivity contribution in [2.75, 3.05) is 5.73 Å². The van der Waals surface area contributed by atoms with Gasteiger partial charge in [-0.3, -0.25) is 4.68 Å². The molecule has 1 unspecified atom stereocenters. The molecule has 0 saturated heterocycles. The number of anilines is 1. The summed E-state index contributed by atoms with van der Waals surface area (Å²) < 4.78 is 3.30. The van der Waals surface area contributed by atoms with Gasteiger partial charge in [-0.25, -0.2) is 4.98 Å². The van der Waals surface area contributed by atoms with Gasteiger partial charge in [0.2, 0.25) is 5.95 Å². The highest BCUT2D eigenvalue weighted by Gasteiger charge is 2.31. The van der Waals surface area contributed by atoms with Gasteiger partial charge in [-0.1, -0.05) is 32.1 Å². The van der Waals surface area contributed by atoms with Crippen LogP contribution in [0.5, 0.6) is 0 Å². The molecule has 0 radical (unpaired) electrons. The molecule has 0 saturated carbocycles. The first-order chi connectivity index (χ1) is 10.5. The Kier molecular flexibility index (Phi) is 2.46. The lowest BCUT2D eigenvalue weighted by Crippen LogP contribution is -2.12. The predicted molar refractivity (Wildman–Crippen MR) is 85.0 cm³/mol. The van der Waals surface area contributed by atoms with E-state index in [0.717, 1.165) is 17.4 Å². The van der Waals surface area contributed by atoms with Crippen molar-refractivity contribution in [1.29, 1.82) is 0 Å². The summed E-state index contributed by atoms with van der Waals surface area (Å²) in [6.45, 7) is 4.35. The zero-order valence-corrected chi connectivity index (χ0v) is 12.8. The molecule has 0 fully saturated rings. The second-order valence-electron chi connectivity index (χ2n) is 5.89. The average molecular weight is 295 g/mol. The smallest absolute Gasteiger partial charge is 0.225 e. The molecule has 22 heavy (non-hydrogen) atoms. The monoisotopic (exact) mass is 295 g/mol.